The zero-order valence-electron chi connectivity index (χ0n) is 10.3. The highest BCUT2D eigenvalue weighted by molar-refractivity contribution is 5.78. The Hall–Kier alpha value is -1.56. The van der Waals surface area contributed by atoms with Crippen LogP contribution in [0.2, 0.25) is 0 Å². The number of carbonyl (C=O) groups is 1. The predicted molar refractivity (Wildman–Crippen MR) is 64.3 cm³/mol. The van der Waals surface area contributed by atoms with E-state index in [1.54, 1.807) is 0 Å². The van der Waals surface area contributed by atoms with E-state index in [1.165, 1.54) is 12.1 Å². The lowest BCUT2D eigenvalue weighted by Gasteiger charge is -2.09. The van der Waals surface area contributed by atoms with Crippen molar-refractivity contribution < 1.29 is 18.0 Å². The highest BCUT2D eigenvalue weighted by Gasteiger charge is 2.29. The van der Waals surface area contributed by atoms with E-state index in [0.29, 0.717) is 11.6 Å². The molecule has 0 radical (unpaired) electrons. The average molecular weight is 272 g/mol. The van der Waals surface area contributed by atoms with Crippen LogP contribution in [0.4, 0.5) is 13.2 Å². The van der Waals surface area contributed by atoms with Crippen molar-refractivity contribution in [3.63, 3.8) is 0 Å². The van der Waals surface area contributed by atoms with Gasteiger partial charge in [-0.05, 0) is 30.5 Å². The topological polar surface area (TPSA) is 41.1 Å². The van der Waals surface area contributed by atoms with Gasteiger partial charge in [0.25, 0.3) is 0 Å². The van der Waals surface area contributed by atoms with Gasteiger partial charge in [-0.1, -0.05) is 12.1 Å². The summed E-state index contributed by atoms with van der Waals surface area (Å²) in [5.74, 6) is -0.146. The minimum Gasteiger partial charge on any atom is -0.351 e. The molecule has 3 nitrogen and oxygen atoms in total. The van der Waals surface area contributed by atoms with Crippen LogP contribution in [-0.4, -0.2) is 18.5 Å². The smallest absolute Gasteiger partial charge is 0.351 e. The maximum atomic E-state index is 12.3. The summed E-state index contributed by atoms with van der Waals surface area (Å²) in [7, 11) is 0. The lowest BCUT2D eigenvalue weighted by molar-refractivity contribution is -0.137. The van der Waals surface area contributed by atoms with Crippen LogP contribution in [0.3, 0.4) is 0 Å². The van der Waals surface area contributed by atoms with E-state index in [1.807, 2.05) is 0 Å². The molecule has 0 aromatic heterocycles. The fourth-order valence-corrected chi connectivity index (χ4v) is 1.60. The molecule has 1 aromatic carbocycles. The van der Waals surface area contributed by atoms with E-state index < -0.39 is 11.7 Å². The van der Waals surface area contributed by atoms with Gasteiger partial charge in [-0.15, -0.1) is 0 Å². The monoisotopic (exact) mass is 272 g/mol. The van der Waals surface area contributed by atoms with Crippen LogP contribution in [0.1, 0.15) is 24.0 Å². The van der Waals surface area contributed by atoms with Crippen LogP contribution in [0, 0.1) is 0 Å². The summed E-state index contributed by atoms with van der Waals surface area (Å²) in [4.78, 5) is 11.4. The molecule has 0 spiro atoms. The molecule has 1 aromatic rings. The van der Waals surface area contributed by atoms with E-state index in [9.17, 15) is 18.0 Å². The minimum absolute atomic E-state index is 0.146. The predicted octanol–water partition coefficient (Wildman–Crippen LogP) is 2.07. The van der Waals surface area contributed by atoms with Crippen LogP contribution in [0.15, 0.2) is 24.3 Å². The molecule has 2 N–H and O–H groups in total. The molecule has 0 atom stereocenters. The molecule has 1 saturated carbocycles. The molecule has 0 heterocycles. The minimum atomic E-state index is -4.32. The molecule has 1 fully saturated rings. The molecular formula is C13H15F3N2O. The zero-order valence-corrected chi connectivity index (χ0v) is 10.3. The number of halogens is 3. The molecule has 0 aliphatic heterocycles. The first-order valence-corrected chi connectivity index (χ1v) is 6.11. The number of alkyl halides is 3. The number of nitrogens with one attached hydrogen (secondary N) is 2. The Labute approximate surface area is 109 Å². The van der Waals surface area contributed by atoms with E-state index in [4.69, 9.17) is 0 Å². The first-order chi connectivity index (χ1) is 8.95. The number of benzene rings is 1. The van der Waals surface area contributed by atoms with E-state index in [0.717, 1.165) is 25.0 Å². The molecule has 1 amide bonds. The number of hydrogen-bond acceptors (Lipinski definition) is 2. The summed E-state index contributed by atoms with van der Waals surface area (Å²) in [6.45, 7) is 0.495. The fraction of sp³-hybridized carbons (Fsp3) is 0.462. The van der Waals surface area contributed by atoms with Gasteiger partial charge in [-0.2, -0.15) is 13.2 Å². The molecule has 1 aliphatic rings. The van der Waals surface area contributed by atoms with Crippen molar-refractivity contribution in [3.05, 3.63) is 35.4 Å². The van der Waals surface area contributed by atoms with E-state index >= 15 is 0 Å². The SMILES string of the molecule is O=C(CNC1CC1)NCc1ccc(C(F)(F)F)cc1. The van der Waals surface area contributed by atoms with Gasteiger partial charge in [-0.3, -0.25) is 4.79 Å². The maximum Gasteiger partial charge on any atom is 0.416 e. The second-order valence-electron chi connectivity index (χ2n) is 4.63. The van der Waals surface area contributed by atoms with Crippen molar-refractivity contribution >= 4 is 5.91 Å². The van der Waals surface area contributed by atoms with Gasteiger partial charge in [0.2, 0.25) is 5.91 Å². The van der Waals surface area contributed by atoms with Crippen LogP contribution in [-0.2, 0) is 17.5 Å². The standard InChI is InChI=1S/C13H15F3N2O/c14-13(15,16)10-3-1-9(2-4-10)7-18-12(19)8-17-11-5-6-11/h1-4,11,17H,5-8H2,(H,18,19). The first kappa shape index (κ1) is 13.9. The van der Waals surface area contributed by atoms with Crippen molar-refractivity contribution in [2.24, 2.45) is 0 Å². The summed E-state index contributed by atoms with van der Waals surface area (Å²) in [5.41, 5.74) is -0.0363. The molecule has 2 rings (SSSR count). The van der Waals surface area contributed by atoms with Crippen molar-refractivity contribution in [2.75, 3.05) is 6.54 Å². The van der Waals surface area contributed by atoms with Crippen molar-refractivity contribution in [3.8, 4) is 0 Å². The van der Waals surface area contributed by atoms with Gasteiger partial charge < -0.3 is 10.6 Å². The number of rotatable bonds is 5. The zero-order chi connectivity index (χ0) is 13.9. The van der Waals surface area contributed by atoms with Gasteiger partial charge in [0.1, 0.15) is 0 Å². The van der Waals surface area contributed by atoms with Gasteiger partial charge in [0.05, 0.1) is 12.1 Å². The Bertz CT molecular complexity index is 438. The summed E-state index contributed by atoms with van der Waals surface area (Å²) in [5, 5.41) is 5.72. The van der Waals surface area contributed by atoms with Crippen LogP contribution in [0.25, 0.3) is 0 Å². The summed E-state index contributed by atoms with van der Waals surface area (Å²) in [6.07, 6.45) is -2.12. The summed E-state index contributed by atoms with van der Waals surface area (Å²) in [6, 6.07) is 5.24. The van der Waals surface area contributed by atoms with Gasteiger partial charge >= 0.3 is 6.18 Å². The fourth-order valence-electron chi connectivity index (χ4n) is 1.60. The molecule has 104 valence electrons. The van der Waals surface area contributed by atoms with Crippen molar-refractivity contribution in [1.82, 2.24) is 10.6 Å². The molecule has 0 unspecified atom stereocenters. The van der Waals surface area contributed by atoms with Gasteiger partial charge in [0.15, 0.2) is 0 Å². The normalized spacial score (nSPS) is 15.3. The second-order valence-corrected chi connectivity index (χ2v) is 4.63. The molecule has 6 heteroatoms. The lowest BCUT2D eigenvalue weighted by Crippen LogP contribution is -2.34. The van der Waals surface area contributed by atoms with Crippen molar-refractivity contribution in [2.45, 2.75) is 31.6 Å². The first-order valence-electron chi connectivity index (χ1n) is 6.11. The molecule has 1 aliphatic carbocycles. The molecular weight excluding hydrogens is 257 g/mol. The third kappa shape index (κ3) is 4.55. The van der Waals surface area contributed by atoms with Gasteiger partial charge in [-0.25, -0.2) is 0 Å². The molecule has 0 bridgehead atoms. The average Bonchev–Trinajstić information content (AvgIpc) is 3.17. The lowest BCUT2D eigenvalue weighted by atomic mass is 10.1. The van der Waals surface area contributed by atoms with Crippen LogP contribution < -0.4 is 10.6 Å². The molecule has 19 heavy (non-hydrogen) atoms. The number of hydrogen-bond donors (Lipinski definition) is 2. The quantitative estimate of drug-likeness (QED) is 0.861. The molecule has 0 saturated heterocycles. The van der Waals surface area contributed by atoms with E-state index in [-0.39, 0.29) is 19.0 Å². The highest BCUT2D eigenvalue weighted by Crippen LogP contribution is 2.29. The van der Waals surface area contributed by atoms with E-state index in [2.05, 4.69) is 10.6 Å². The largest absolute Gasteiger partial charge is 0.416 e. The third-order valence-electron chi connectivity index (χ3n) is 2.90. The number of carbonyl (C=O) groups excluding carboxylic acids is 1. The second kappa shape index (κ2) is 5.61. The number of amides is 1. The van der Waals surface area contributed by atoms with Gasteiger partial charge in [0, 0.05) is 12.6 Å². The summed E-state index contributed by atoms with van der Waals surface area (Å²) < 4.78 is 37.0. The Morgan fingerprint density at radius 1 is 1.21 bits per heavy atom. The Morgan fingerprint density at radius 2 is 1.84 bits per heavy atom. The maximum absolute atomic E-state index is 12.3. The Morgan fingerprint density at radius 3 is 2.37 bits per heavy atom. The highest BCUT2D eigenvalue weighted by atomic mass is 19.4. The third-order valence-corrected chi connectivity index (χ3v) is 2.90. The summed E-state index contributed by atoms with van der Waals surface area (Å²) >= 11 is 0. The van der Waals surface area contributed by atoms with Crippen LogP contribution >= 0.6 is 0 Å². The Balaban J connectivity index is 1.77. The van der Waals surface area contributed by atoms with Crippen LogP contribution in [0.5, 0.6) is 0 Å². The van der Waals surface area contributed by atoms with Crippen molar-refractivity contribution in [1.29, 1.82) is 0 Å². The Kier molecular flexibility index (Phi) is 4.09.